The number of amides is 1. The Morgan fingerprint density at radius 3 is 2.50 bits per heavy atom. The average Bonchev–Trinajstić information content (AvgIpc) is 2.69. The summed E-state index contributed by atoms with van der Waals surface area (Å²) in [5.74, 6) is -0.122. The van der Waals surface area contributed by atoms with Crippen molar-refractivity contribution in [2.75, 3.05) is 6.61 Å². The highest BCUT2D eigenvalue weighted by Gasteiger charge is 2.20. The molecule has 1 rings (SSSR count). The number of carbonyl (C=O) groups is 1. The number of nitrogens with two attached hydrogens (primary N) is 1. The molecular formula is C12H21N3O4S. The van der Waals surface area contributed by atoms with E-state index in [-0.39, 0.29) is 23.2 Å². The smallest absolute Gasteiger partial charge is 0.268 e. The summed E-state index contributed by atoms with van der Waals surface area (Å²) in [5.41, 5.74) is 0.177. The van der Waals surface area contributed by atoms with Gasteiger partial charge in [0.1, 0.15) is 10.6 Å². The van der Waals surface area contributed by atoms with Gasteiger partial charge in [0.15, 0.2) is 0 Å². The van der Waals surface area contributed by atoms with E-state index in [9.17, 15) is 18.3 Å². The van der Waals surface area contributed by atoms with Crippen LogP contribution in [0.4, 0.5) is 0 Å². The molecule has 0 fully saturated rings. The van der Waals surface area contributed by atoms with Crippen LogP contribution < -0.4 is 10.5 Å². The summed E-state index contributed by atoms with van der Waals surface area (Å²) >= 11 is 0. The highest BCUT2D eigenvalue weighted by Crippen LogP contribution is 2.12. The Kier molecular flexibility index (Phi) is 5.32. The molecule has 0 radical (unpaired) electrons. The number of hydrogen-bond donors (Lipinski definition) is 3. The molecule has 1 heterocycles. The molecule has 0 saturated carbocycles. The number of nitrogens with one attached hydrogen (secondary N) is 1. The molecule has 114 valence electrons. The maximum absolute atomic E-state index is 12.1. The topological polar surface area (TPSA) is 114 Å². The zero-order valence-electron chi connectivity index (χ0n) is 11.8. The first-order valence-corrected chi connectivity index (χ1v) is 7.80. The van der Waals surface area contributed by atoms with Crippen molar-refractivity contribution in [3.8, 4) is 0 Å². The SMILES string of the molecule is CC(C)CC(CO)NC(=O)c1cc(S(N)(=O)=O)cn1C. The summed E-state index contributed by atoms with van der Waals surface area (Å²) in [6.07, 6.45) is 1.91. The normalized spacial score (nSPS) is 13.5. The van der Waals surface area contributed by atoms with E-state index in [4.69, 9.17) is 5.14 Å². The maximum Gasteiger partial charge on any atom is 0.268 e. The third-order valence-electron chi connectivity index (χ3n) is 2.85. The van der Waals surface area contributed by atoms with Crippen molar-refractivity contribution in [1.82, 2.24) is 9.88 Å². The monoisotopic (exact) mass is 303 g/mol. The number of primary sulfonamides is 1. The van der Waals surface area contributed by atoms with Gasteiger partial charge in [-0.15, -0.1) is 0 Å². The molecule has 1 amide bonds. The zero-order valence-corrected chi connectivity index (χ0v) is 12.6. The van der Waals surface area contributed by atoms with Gasteiger partial charge in [-0.1, -0.05) is 13.8 Å². The van der Waals surface area contributed by atoms with Crippen molar-refractivity contribution in [2.45, 2.75) is 31.2 Å². The van der Waals surface area contributed by atoms with Crippen LogP contribution in [-0.2, 0) is 17.1 Å². The minimum absolute atomic E-state index is 0.116. The molecule has 4 N–H and O–H groups in total. The van der Waals surface area contributed by atoms with Gasteiger partial charge in [-0.2, -0.15) is 0 Å². The van der Waals surface area contributed by atoms with Gasteiger partial charge in [0.05, 0.1) is 12.6 Å². The Morgan fingerprint density at radius 2 is 2.10 bits per heavy atom. The molecular weight excluding hydrogens is 282 g/mol. The zero-order chi connectivity index (χ0) is 15.5. The van der Waals surface area contributed by atoms with Crippen molar-refractivity contribution in [2.24, 2.45) is 18.1 Å². The third-order valence-corrected chi connectivity index (χ3v) is 3.73. The number of rotatable bonds is 6. The quantitative estimate of drug-likeness (QED) is 0.675. The van der Waals surface area contributed by atoms with Crippen molar-refractivity contribution in [1.29, 1.82) is 0 Å². The Balaban J connectivity index is 2.90. The predicted molar refractivity (Wildman–Crippen MR) is 74.6 cm³/mol. The number of aliphatic hydroxyl groups excluding tert-OH is 1. The lowest BCUT2D eigenvalue weighted by Gasteiger charge is -2.18. The third kappa shape index (κ3) is 4.32. The van der Waals surface area contributed by atoms with Crippen molar-refractivity contribution < 1.29 is 18.3 Å². The summed E-state index contributed by atoms with van der Waals surface area (Å²) in [6, 6.07) is 0.851. The fourth-order valence-electron chi connectivity index (χ4n) is 1.92. The minimum atomic E-state index is -3.84. The number of nitrogens with zero attached hydrogens (tertiary/aromatic N) is 1. The number of carbonyl (C=O) groups excluding carboxylic acids is 1. The molecule has 0 aliphatic rings. The molecule has 1 aromatic heterocycles. The highest BCUT2D eigenvalue weighted by atomic mass is 32.2. The van der Waals surface area contributed by atoms with Gasteiger partial charge in [-0.3, -0.25) is 4.79 Å². The van der Waals surface area contributed by atoms with E-state index in [1.54, 1.807) is 7.05 Å². The van der Waals surface area contributed by atoms with E-state index in [2.05, 4.69) is 5.32 Å². The molecule has 0 saturated heterocycles. The maximum atomic E-state index is 12.1. The van der Waals surface area contributed by atoms with Gasteiger partial charge in [-0.05, 0) is 18.4 Å². The molecule has 7 nitrogen and oxygen atoms in total. The van der Waals surface area contributed by atoms with Gasteiger partial charge >= 0.3 is 0 Å². The largest absolute Gasteiger partial charge is 0.394 e. The Bertz CT molecular complexity index is 578. The fourth-order valence-corrected chi connectivity index (χ4v) is 2.50. The lowest BCUT2D eigenvalue weighted by molar-refractivity contribution is 0.0900. The van der Waals surface area contributed by atoms with Crippen LogP contribution in [0.15, 0.2) is 17.2 Å². The van der Waals surface area contributed by atoms with Gasteiger partial charge in [0, 0.05) is 13.2 Å². The average molecular weight is 303 g/mol. The van der Waals surface area contributed by atoms with Crippen LogP contribution in [0.3, 0.4) is 0 Å². The number of hydrogen-bond acceptors (Lipinski definition) is 4. The van der Waals surface area contributed by atoms with Crippen LogP contribution >= 0.6 is 0 Å². The van der Waals surface area contributed by atoms with E-state index in [0.29, 0.717) is 12.3 Å². The number of sulfonamides is 1. The second kappa shape index (κ2) is 6.38. The van der Waals surface area contributed by atoms with E-state index in [1.165, 1.54) is 16.8 Å². The molecule has 8 heteroatoms. The summed E-state index contributed by atoms with van der Waals surface area (Å²) in [7, 11) is -2.29. The van der Waals surface area contributed by atoms with Crippen LogP contribution in [0.2, 0.25) is 0 Å². The van der Waals surface area contributed by atoms with Gasteiger partial charge in [-0.25, -0.2) is 13.6 Å². The van der Waals surface area contributed by atoms with E-state index < -0.39 is 15.9 Å². The van der Waals surface area contributed by atoms with Crippen LogP contribution in [0.25, 0.3) is 0 Å². The summed E-state index contributed by atoms with van der Waals surface area (Å²) in [4.78, 5) is 12.0. The molecule has 0 bridgehead atoms. The number of aromatic nitrogens is 1. The van der Waals surface area contributed by atoms with Gasteiger partial charge in [0.25, 0.3) is 5.91 Å². The Labute approximate surface area is 118 Å². The number of aliphatic hydroxyl groups is 1. The molecule has 0 spiro atoms. The Morgan fingerprint density at radius 1 is 1.50 bits per heavy atom. The lowest BCUT2D eigenvalue weighted by atomic mass is 10.0. The molecule has 0 aliphatic heterocycles. The van der Waals surface area contributed by atoms with Gasteiger partial charge < -0.3 is 15.0 Å². The van der Waals surface area contributed by atoms with Crippen LogP contribution in [0.1, 0.15) is 30.8 Å². The summed E-state index contributed by atoms with van der Waals surface area (Å²) in [5, 5.41) is 16.9. The molecule has 1 atom stereocenters. The van der Waals surface area contributed by atoms with Crippen molar-refractivity contribution in [3.05, 3.63) is 18.0 Å². The van der Waals surface area contributed by atoms with E-state index in [1.807, 2.05) is 13.8 Å². The molecule has 0 aliphatic carbocycles. The second-order valence-corrected chi connectivity index (χ2v) is 6.76. The highest BCUT2D eigenvalue weighted by molar-refractivity contribution is 7.89. The fraction of sp³-hybridized carbons (Fsp3) is 0.583. The van der Waals surface area contributed by atoms with Gasteiger partial charge in [0.2, 0.25) is 10.0 Å². The first-order valence-electron chi connectivity index (χ1n) is 6.26. The first kappa shape index (κ1) is 16.7. The molecule has 1 aromatic rings. The van der Waals surface area contributed by atoms with Crippen molar-refractivity contribution in [3.63, 3.8) is 0 Å². The van der Waals surface area contributed by atoms with E-state index >= 15 is 0 Å². The van der Waals surface area contributed by atoms with E-state index in [0.717, 1.165) is 0 Å². The predicted octanol–water partition coefficient (Wildman–Crippen LogP) is -0.191. The minimum Gasteiger partial charge on any atom is -0.394 e. The Hall–Kier alpha value is -1.38. The van der Waals surface area contributed by atoms with Crippen molar-refractivity contribution >= 4 is 15.9 Å². The van der Waals surface area contributed by atoms with Crippen LogP contribution in [0, 0.1) is 5.92 Å². The molecule has 1 unspecified atom stereocenters. The molecule has 20 heavy (non-hydrogen) atoms. The first-order chi connectivity index (χ1) is 9.15. The number of aryl methyl sites for hydroxylation is 1. The van der Waals surface area contributed by atoms with Crippen LogP contribution in [-0.4, -0.2) is 36.6 Å². The van der Waals surface area contributed by atoms with Crippen LogP contribution in [0.5, 0.6) is 0 Å². The lowest BCUT2D eigenvalue weighted by Crippen LogP contribution is -2.39. The second-order valence-electron chi connectivity index (χ2n) is 5.20. The standard InChI is InChI=1S/C12H21N3O4S/c1-8(2)4-9(7-16)14-12(17)11-5-10(6-15(11)3)20(13,18)19/h5-6,8-9,16H,4,7H2,1-3H3,(H,14,17)(H2,13,18,19). The molecule has 0 aromatic carbocycles. The summed E-state index contributed by atoms with van der Waals surface area (Å²) < 4.78 is 23.9. The summed E-state index contributed by atoms with van der Waals surface area (Å²) in [6.45, 7) is 3.79.